The summed E-state index contributed by atoms with van der Waals surface area (Å²) < 4.78 is 36.3. The second-order valence-corrected chi connectivity index (χ2v) is 8.37. The van der Waals surface area contributed by atoms with Crippen LogP contribution in [0.5, 0.6) is 11.5 Å². The van der Waals surface area contributed by atoms with Crippen LogP contribution in [0, 0.1) is 13.8 Å². The van der Waals surface area contributed by atoms with Crippen molar-refractivity contribution in [3.8, 4) is 11.5 Å². The van der Waals surface area contributed by atoms with Crippen molar-refractivity contribution in [3.63, 3.8) is 0 Å². The summed E-state index contributed by atoms with van der Waals surface area (Å²) >= 11 is 0. The van der Waals surface area contributed by atoms with Gasteiger partial charge in [0, 0.05) is 0 Å². The second-order valence-electron chi connectivity index (χ2n) is 6.46. The van der Waals surface area contributed by atoms with Gasteiger partial charge in [-0.3, -0.25) is 9.10 Å². The van der Waals surface area contributed by atoms with Crippen LogP contribution in [-0.2, 0) is 14.8 Å². The number of aryl methyl sites for hydroxylation is 2. The molecule has 0 unspecified atom stereocenters. The zero-order chi connectivity index (χ0) is 20.7. The fraction of sp³-hybridized carbons (Fsp3) is 0.350. The molecule has 0 heterocycles. The van der Waals surface area contributed by atoms with E-state index in [-0.39, 0.29) is 19.7 Å². The molecule has 0 atom stereocenters. The fourth-order valence-electron chi connectivity index (χ4n) is 2.77. The van der Waals surface area contributed by atoms with Crippen molar-refractivity contribution in [1.29, 1.82) is 0 Å². The lowest BCUT2D eigenvalue weighted by Crippen LogP contribution is -2.41. The van der Waals surface area contributed by atoms with Crippen molar-refractivity contribution >= 4 is 21.6 Å². The maximum Gasteiger partial charge on any atom is 0.240 e. The number of methoxy groups -OCH3 is 1. The predicted molar refractivity (Wildman–Crippen MR) is 110 cm³/mol. The number of benzene rings is 2. The number of amides is 1. The van der Waals surface area contributed by atoms with E-state index in [2.05, 4.69) is 5.32 Å². The van der Waals surface area contributed by atoms with Gasteiger partial charge in [0.25, 0.3) is 0 Å². The first-order chi connectivity index (χ1) is 13.2. The standard InChI is InChI=1S/C20H26N2O5S/c1-15-11-16(2)13-17(12-15)22(28(4,24)25)14-20(23)21-9-10-27-19-8-6-5-7-18(19)26-3/h5-8,11-13H,9-10,14H2,1-4H3,(H,21,23). The minimum absolute atomic E-state index is 0.231. The highest BCUT2D eigenvalue weighted by Gasteiger charge is 2.21. The Kier molecular flexibility index (Phi) is 7.28. The Hall–Kier alpha value is -2.74. The molecule has 2 aromatic carbocycles. The molecule has 0 aliphatic carbocycles. The molecule has 0 radical (unpaired) electrons. The molecule has 0 saturated heterocycles. The van der Waals surface area contributed by atoms with Crippen LogP contribution in [0.1, 0.15) is 11.1 Å². The normalized spacial score (nSPS) is 11.0. The highest BCUT2D eigenvalue weighted by molar-refractivity contribution is 7.92. The molecule has 0 aliphatic rings. The lowest BCUT2D eigenvalue weighted by Gasteiger charge is -2.23. The number of hydrogen-bond donors (Lipinski definition) is 1. The summed E-state index contributed by atoms with van der Waals surface area (Å²) in [6, 6.07) is 12.6. The summed E-state index contributed by atoms with van der Waals surface area (Å²) in [5.41, 5.74) is 2.32. The lowest BCUT2D eigenvalue weighted by atomic mass is 10.1. The van der Waals surface area contributed by atoms with E-state index < -0.39 is 15.9 Å². The van der Waals surface area contributed by atoms with Gasteiger partial charge in [-0.2, -0.15) is 0 Å². The molecule has 0 bridgehead atoms. The number of para-hydroxylation sites is 2. The van der Waals surface area contributed by atoms with E-state index in [1.807, 2.05) is 32.0 Å². The third-order valence-corrected chi connectivity index (χ3v) is 5.07. The van der Waals surface area contributed by atoms with Crippen molar-refractivity contribution in [3.05, 3.63) is 53.6 Å². The average Bonchev–Trinajstić information content (AvgIpc) is 2.61. The van der Waals surface area contributed by atoms with Gasteiger partial charge >= 0.3 is 0 Å². The molecule has 2 rings (SSSR count). The Balaban J connectivity index is 1.95. The Labute approximate surface area is 166 Å². The first-order valence-electron chi connectivity index (χ1n) is 8.79. The summed E-state index contributed by atoms with van der Waals surface area (Å²) in [4.78, 5) is 12.3. The Morgan fingerprint density at radius 1 is 1.07 bits per heavy atom. The predicted octanol–water partition coefficient (Wildman–Crippen LogP) is 2.27. The van der Waals surface area contributed by atoms with Crippen LogP contribution >= 0.6 is 0 Å². The maximum atomic E-state index is 12.3. The number of nitrogens with zero attached hydrogens (tertiary/aromatic N) is 1. The molecule has 2 aromatic rings. The van der Waals surface area contributed by atoms with Crippen molar-refractivity contribution in [2.24, 2.45) is 0 Å². The van der Waals surface area contributed by atoms with E-state index in [1.165, 1.54) is 0 Å². The Morgan fingerprint density at radius 2 is 1.68 bits per heavy atom. The van der Waals surface area contributed by atoms with E-state index in [0.717, 1.165) is 21.7 Å². The number of rotatable bonds is 9. The van der Waals surface area contributed by atoms with Gasteiger partial charge in [-0.05, 0) is 49.2 Å². The number of carbonyl (C=O) groups is 1. The minimum atomic E-state index is -3.60. The second kappa shape index (κ2) is 9.45. The summed E-state index contributed by atoms with van der Waals surface area (Å²) in [5.74, 6) is 0.771. The van der Waals surface area contributed by atoms with E-state index in [0.29, 0.717) is 17.2 Å². The third-order valence-electron chi connectivity index (χ3n) is 3.93. The quantitative estimate of drug-likeness (QED) is 0.646. The minimum Gasteiger partial charge on any atom is -0.493 e. The van der Waals surface area contributed by atoms with Crippen LogP contribution in [0.4, 0.5) is 5.69 Å². The molecule has 152 valence electrons. The van der Waals surface area contributed by atoms with Crippen LogP contribution in [0.25, 0.3) is 0 Å². The van der Waals surface area contributed by atoms with Gasteiger partial charge < -0.3 is 14.8 Å². The van der Waals surface area contributed by atoms with Gasteiger partial charge in [0.05, 0.1) is 25.6 Å². The smallest absolute Gasteiger partial charge is 0.240 e. The Bertz CT molecular complexity index is 908. The summed E-state index contributed by atoms with van der Waals surface area (Å²) in [6.07, 6.45) is 1.09. The summed E-state index contributed by atoms with van der Waals surface area (Å²) in [6.45, 7) is 3.94. The van der Waals surface area contributed by atoms with Gasteiger partial charge in [0.15, 0.2) is 11.5 Å². The van der Waals surface area contributed by atoms with Gasteiger partial charge in [0.2, 0.25) is 15.9 Å². The highest BCUT2D eigenvalue weighted by Crippen LogP contribution is 2.25. The molecule has 8 heteroatoms. The first kappa shape index (κ1) is 21.6. The van der Waals surface area contributed by atoms with Crippen molar-refractivity contribution < 1.29 is 22.7 Å². The zero-order valence-electron chi connectivity index (χ0n) is 16.6. The van der Waals surface area contributed by atoms with Crippen LogP contribution in [-0.4, -0.2) is 47.4 Å². The van der Waals surface area contributed by atoms with Crippen molar-refractivity contribution in [2.75, 3.05) is 37.4 Å². The van der Waals surface area contributed by atoms with E-state index >= 15 is 0 Å². The molecule has 1 N–H and O–H groups in total. The molecule has 0 aliphatic heterocycles. The highest BCUT2D eigenvalue weighted by atomic mass is 32.2. The fourth-order valence-corrected chi connectivity index (χ4v) is 3.61. The number of anilines is 1. The summed E-state index contributed by atoms with van der Waals surface area (Å²) in [5, 5.41) is 2.68. The van der Waals surface area contributed by atoms with Crippen LogP contribution in [0.15, 0.2) is 42.5 Å². The van der Waals surface area contributed by atoms with Gasteiger partial charge in [0.1, 0.15) is 13.2 Å². The van der Waals surface area contributed by atoms with Crippen LogP contribution < -0.4 is 19.1 Å². The van der Waals surface area contributed by atoms with Gasteiger partial charge in [-0.1, -0.05) is 18.2 Å². The topological polar surface area (TPSA) is 84.9 Å². The van der Waals surface area contributed by atoms with Gasteiger partial charge in [-0.25, -0.2) is 8.42 Å². The molecular weight excluding hydrogens is 380 g/mol. The molecule has 1 amide bonds. The van der Waals surface area contributed by atoms with E-state index in [4.69, 9.17) is 9.47 Å². The molecular formula is C20H26N2O5S. The van der Waals surface area contributed by atoms with E-state index in [1.54, 1.807) is 31.4 Å². The van der Waals surface area contributed by atoms with Crippen molar-refractivity contribution in [2.45, 2.75) is 13.8 Å². The monoisotopic (exact) mass is 406 g/mol. The molecule has 0 spiro atoms. The number of ether oxygens (including phenoxy) is 2. The summed E-state index contributed by atoms with van der Waals surface area (Å²) in [7, 11) is -2.05. The van der Waals surface area contributed by atoms with Crippen LogP contribution in [0.3, 0.4) is 0 Å². The van der Waals surface area contributed by atoms with E-state index in [9.17, 15) is 13.2 Å². The molecule has 0 fully saturated rings. The van der Waals surface area contributed by atoms with Crippen molar-refractivity contribution in [1.82, 2.24) is 5.32 Å². The molecule has 28 heavy (non-hydrogen) atoms. The maximum absolute atomic E-state index is 12.3. The lowest BCUT2D eigenvalue weighted by molar-refractivity contribution is -0.119. The number of carbonyl (C=O) groups excluding carboxylic acids is 1. The average molecular weight is 407 g/mol. The first-order valence-corrected chi connectivity index (χ1v) is 10.6. The Morgan fingerprint density at radius 3 is 2.25 bits per heavy atom. The number of hydrogen-bond acceptors (Lipinski definition) is 5. The molecule has 0 saturated carbocycles. The zero-order valence-corrected chi connectivity index (χ0v) is 17.4. The molecule has 0 aromatic heterocycles. The number of sulfonamides is 1. The SMILES string of the molecule is COc1ccccc1OCCNC(=O)CN(c1cc(C)cc(C)c1)S(C)(=O)=O. The van der Waals surface area contributed by atoms with Gasteiger partial charge in [-0.15, -0.1) is 0 Å². The molecule has 7 nitrogen and oxygen atoms in total. The third kappa shape index (κ3) is 6.16. The van der Waals surface area contributed by atoms with Crippen LogP contribution in [0.2, 0.25) is 0 Å². The number of nitrogens with one attached hydrogen (secondary N) is 1. The largest absolute Gasteiger partial charge is 0.493 e.